The van der Waals surface area contributed by atoms with Crippen molar-refractivity contribution in [2.75, 3.05) is 13.7 Å². The Bertz CT molecular complexity index is 404. The monoisotopic (exact) mass is 245 g/mol. The van der Waals surface area contributed by atoms with Crippen molar-refractivity contribution in [1.29, 1.82) is 0 Å². The molecule has 2 heteroatoms. The van der Waals surface area contributed by atoms with Crippen LogP contribution >= 0.6 is 0 Å². The Hall–Kier alpha value is -1.02. The minimum Gasteiger partial charge on any atom is -0.497 e. The number of methoxy groups -OCH3 is 1. The fourth-order valence-electron chi connectivity index (χ4n) is 3.72. The van der Waals surface area contributed by atoms with Crippen LogP contribution in [0.1, 0.15) is 31.2 Å². The second kappa shape index (κ2) is 5.31. The van der Waals surface area contributed by atoms with E-state index in [1.54, 1.807) is 7.11 Å². The van der Waals surface area contributed by atoms with E-state index in [1.807, 2.05) is 6.07 Å². The van der Waals surface area contributed by atoms with Crippen LogP contribution in [0, 0.1) is 11.8 Å². The lowest BCUT2D eigenvalue weighted by Crippen LogP contribution is -2.35. The number of rotatable bonds is 5. The summed E-state index contributed by atoms with van der Waals surface area (Å²) in [5.74, 6) is 2.97. The van der Waals surface area contributed by atoms with Gasteiger partial charge < -0.3 is 10.1 Å². The molecule has 0 amide bonds. The Kier molecular flexibility index (Phi) is 3.55. The predicted molar refractivity (Wildman–Crippen MR) is 73.9 cm³/mol. The lowest BCUT2D eigenvalue weighted by molar-refractivity contribution is 0.354. The molecule has 0 spiro atoms. The van der Waals surface area contributed by atoms with Crippen molar-refractivity contribution in [2.24, 2.45) is 11.8 Å². The molecular formula is C16H23NO. The van der Waals surface area contributed by atoms with E-state index in [-0.39, 0.29) is 0 Å². The summed E-state index contributed by atoms with van der Waals surface area (Å²) in [6.45, 7) is 1.10. The van der Waals surface area contributed by atoms with Crippen LogP contribution in [0.15, 0.2) is 24.3 Å². The van der Waals surface area contributed by atoms with E-state index in [4.69, 9.17) is 4.74 Å². The SMILES string of the molecule is COc1cccc(CCNC2CC3CCC2C3)c1. The summed E-state index contributed by atoms with van der Waals surface area (Å²) >= 11 is 0. The van der Waals surface area contributed by atoms with Crippen LogP contribution in [0.5, 0.6) is 5.75 Å². The summed E-state index contributed by atoms with van der Waals surface area (Å²) in [5.41, 5.74) is 1.37. The number of nitrogens with one attached hydrogen (secondary N) is 1. The molecule has 18 heavy (non-hydrogen) atoms. The van der Waals surface area contributed by atoms with Gasteiger partial charge in [-0.2, -0.15) is 0 Å². The number of ether oxygens (including phenoxy) is 1. The fraction of sp³-hybridized carbons (Fsp3) is 0.625. The van der Waals surface area contributed by atoms with E-state index in [2.05, 4.69) is 23.5 Å². The van der Waals surface area contributed by atoms with Crippen molar-refractivity contribution in [3.63, 3.8) is 0 Å². The van der Waals surface area contributed by atoms with Gasteiger partial charge in [0.25, 0.3) is 0 Å². The van der Waals surface area contributed by atoms with Crippen LogP contribution in [0.4, 0.5) is 0 Å². The third-order valence-corrected chi connectivity index (χ3v) is 4.69. The van der Waals surface area contributed by atoms with Gasteiger partial charge in [0, 0.05) is 6.04 Å². The van der Waals surface area contributed by atoms with Gasteiger partial charge in [-0.3, -0.25) is 0 Å². The molecule has 2 saturated carbocycles. The third-order valence-electron chi connectivity index (χ3n) is 4.69. The Labute approximate surface area is 110 Å². The van der Waals surface area contributed by atoms with Crippen molar-refractivity contribution in [3.05, 3.63) is 29.8 Å². The summed E-state index contributed by atoms with van der Waals surface area (Å²) in [6, 6.07) is 9.21. The summed E-state index contributed by atoms with van der Waals surface area (Å²) in [5, 5.41) is 3.76. The van der Waals surface area contributed by atoms with E-state index in [9.17, 15) is 0 Å². The first kappa shape index (κ1) is 12.0. The van der Waals surface area contributed by atoms with Gasteiger partial charge in [-0.25, -0.2) is 0 Å². The normalized spacial score (nSPS) is 29.7. The molecule has 0 aromatic heterocycles. The molecule has 3 atom stereocenters. The van der Waals surface area contributed by atoms with Crippen molar-refractivity contribution < 1.29 is 4.74 Å². The molecular weight excluding hydrogens is 222 g/mol. The largest absolute Gasteiger partial charge is 0.497 e. The molecule has 3 unspecified atom stereocenters. The number of fused-ring (bicyclic) bond motifs is 2. The van der Waals surface area contributed by atoms with Crippen LogP contribution in [-0.2, 0) is 6.42 Å². The fourth-order valence-corrected chi connectivity index (χ4v) is 3.72. The van der Waals surface area contributed by atoms with Crippen LogP contribution in [0.3, 0.4) is 0 Å². The van der Waals surface area contributed by atoms with Gasteiger partial charge in [-0.15, -0.1) is 0 Å². The maximum atomic E-state index is 5.25. The average molecular weight is 245 g/mol. The number of hydrogen-bond donors (Lipinski definition) is 1. The smallest absolute Gasteiger partial charge is 0.119 e. The minimum atomic E-state index is 0.800. The molecule has 0 radical (unpaired) electrons. The highest BCUT2D eigenvalue weighted by atomic mass is 16.5. The van der Waals surface area contributed by atoms with Crippen molar-refractivity contribution in [1.82, 2.24) is 5.32 Å². The molecule has 1 N–H and O–H groups in total. The molecule has 2 fully saturated rings. The van der Waals surface area contributed by atoms with Gasteiger partial charge >= 0.3 is 0 Å². The summed E-state index contributed by atoms with van der Waals surface area (Å²) in [7, 11) is 1.73. The zero-order valence-corrected chi connectivity index (χ0v) is 11.2. The first-order chi connectivity index (χ1) is 8.85. The van der Waals surface area contributed by atoms with Crippen molar-refractivity contribution >= 4 is 0 Å². The second-order valence-electron chi connectivity index (χ2n) is 5.84. The molecule has 3 rings (SSSR count). The van der Waals surface area contributed by atoms with Crippen LogP contribution < -0.4 is 10.1 Å². The van der Waals surface area contributed by atoms with E-state index in [0.717, 1.165) is 36.6 Å². The van der Waals surface area contributed by atoms with Crippen LogP contribution in [0.2, 0.25) is 0 Å². The van der Waals surface area contributed by atoms with E-state index < -0.39 is 0 Å². The molecule has 2 aliphatic rings. The quantitative estimate of drug-likeness (QED) is 0.861. The highest BCUT2D eigenvalue weighted by molar-refractivity contribution is 5.28. The molecule has 0 heterocycles. The first-order valence-corrected chi connectivity index (χ1v) is 7.21. The Balaban J connectivity index is 1.46. The zero-order chi connectivity index (χ0) is 12.4. The number of benzene rings is 1. The summed E-state index contributed by atoms with van der Waals surface area (Å²) in [6.07, 6.45) is 6.95. The van der Waals surface area contributed by atoms with E-state index in [1.165, 1.54) is 31.2 Å². The Morgan fingerprint density at radius 2 is 2.22 bits per heavy atom. The third kappa shape index (κ3) is 2.54. The zero-order valence-electron chi connectivity index (χ0n) is 11.2. The standard InChI is InChI=1S/C16H23NO/c1-18-15-4-2-3-12(10-15)7-8-17-16-11-13-5-6-14(16)9-13/h2-4,10,13-14,16-17H,5-9,11H2,1H3. The minimum absolute atomic E-state index is 0.800. The molecule has 1 aromatic rings. The molecule has 98 valence electrons. The molecule has 0 aliphatic heterocycles. The maximum Gasteiger partial charge on any atom is 0.119 e. The van der Waals surface area contributed by atoms with Gasteiger partial charge in [0.15, 0.2) is 0 Å². The molecule has 2 aliphatic carbocycles. The van der Waals surface area contributed by atoms with Crippen molar-refractivity contribution in [3.8, 4) is 5.75 Å². The molecule has 2 bridgehead atoms. The van der Waals surface area contributed by atoms with E-state index in [0.29, 0.717) is 0 Å². The molecule has 1 aromatic carbocycles. The van der Waals surface area contributed by atoms with E-state index >= 15 is 0 Å². The first-order valence-electron chi connectivity index (χ1n) is 7.21. The summed E-state index contributed by atoms with van der Waals surface area (Å²) < 4.78 is 5.25. The lowest BCUT2D eigenvalue weighted by atomic mass is 9.95. The second-order valence-corrected chi connectivity index (χ2v) is 5.84. The predicted octanol–water partition coefficient (Wildman–Crippen LogP) is 3.02. The molecule has 0 saturated heterocycles. The Morgan fingerprint density at radius 1 is 1.28 bits per heavy atom. The van der Waals surface area contributed by atoms with Crippen LogP contribution in [0.25, 0.3) is 0 Å². The maximum absolute atomic E-state index is 5.25. The highest BCUT2D eigenvalue weighted by Crippen LogP contribution is 2.44. The van der Waals surface area contributed by atoms with Gasteiger partial charge in [-0.1, -0.05) is 18.6 Å². The number of hydrogen-bond acceptors (Lipinski definition) is 2. The lowest BCUT2D eigenvalue weighted by Gasteiger charge is -2.23. The average Bonchev–Trinajstić information content (AvgIpc) is 3.01. The summed E-state index contributed by atoms with van der Waals surface area (Å²) in [4.78, 5) is 0. The molecule has 2 nitrogen and oxygen atoms in total. The Morgan fingerprint density at radius 3 is 2.94 bits per heavy atom. The van der Waals surface area contributed by atoms with Crippen LogP contribution in [-0.4, -0.2) is 19.7 Å². The van der Waals surface area contributed by atoms with Gasteiger partial charge in [0.05, 0.1) is 7.11 Å². The van der Waals surface area contributed by atoms with Gasteiger partial charge in [0.1, 0.15) is 5.75 Å². The van der Waals surface area contributed by atoms with Crippen molar-refractivity contribution in [2.45, 2.75) is 38.1 Å². The van der Waals surface area contributed by atoms with Gasteiger partial charge in [0.2, 0.25) is 0 Å². The van der Waals surface area contributed by atoms with Gasteiger partial charge in [-0.05, 0) is 61.8 Å². The highest BCUT2D eigenvalue weighted by Gasteiger charge is 2.38. The topological polar surface area (TPSA) is 21.3 Å².